The van der Waals surface area contributed by atoms with Crippen molar-refractivity contribution in [3.8, 4) is 5.19 Å². The first-order chi connectivity index (χ1) is 14.1. The van der Waals surface area contributed by atoms with Crippen molar-refractivity contribution in [3.05, 3.63) is 59.4 Å². The van der Waals surface area contributed by atoms with E-state index in [4.69, 9.17) is 14.1 Å². The number of aromatic nitrogens is 1. The zero-order valence-electron chi connectivity index (χ0n) is 16.5. The van der Waals surface area contributed by atoms with Crippen LogP contribution in [0.1, 0.15) is 34.5 Å². The van der Waals surface area contributed by atoms with E-state index in [1.807, 2.05) is 35.2 Å². The Morgan fingerprint density at radius 1 is 1.14 bits per heavy atom. The molecule has 0 unspecified atom stereocenters. The summed E-state index contributed by atoms with van der Waals surface area (Å²) in [4.78, 5) is 19.4. The lowest BCUT2D eigenvalue weighted by molar-refractivity contribution is 0.0569. The Labute approximate surface area is 172 Å². The summed E-state index contributed by atoms with van der Waals surface area (Å²) >= 11 is 1.61. The van der Waals surface area contributed by atoms with Gasteiger partial charge in [0.1, 0.15) is 11.7 Å². The molecule has 1 aliphatic rings. The lowest BCUT2D eigenvalue weighted by Crippen LogP contribution is -2.41. The van der Waals surface area contributed by atoms with Crippen LogP contribution in [0.5, 0.6) is 5.19 Å². The molecule has 1 fully saturated rings. The fourth-order valence-electron chi connectivity index (χ4n) is 3.85. The standard InChI is InChI=1S/C23H22N2O3S/c1-14-7-8-15(2)21-20(14)24-23(29-21)27-17-9-11-25(12-10-17)22(26)19-13-16-5-3-4-6-18(16)28-19/h3-8,13,17H,9-12H2,1-2H3. The summed E-state index contributed by atoms with van der Waals surface area (Å²) in [7, 11) is 0. The van der Waals surface area contributed by atoms with E-state index in [1.165, 1.54) is 15.8 Å². The molecule has 0 aliphatic carbocycles. The van der Waals surface area contributed by atoms with Gasteiger partial charge in [0.15, 0.2) is 5.76 Å². The van der Waals surface area contributed by atoms with Crippen molar-refractivity contribution in [1.82, 2.24) is 9.88 Å². The van der Waals surface area contributed by atoms with E-state index >= 15 is 0 Å². The number of thiazole rings is 1. The molecule has 0 radical (unpaired) electrons. The Balaban J connectivity index is 1.25. The third kappa shape index (κ3) is 3.38. The van der Waals surface area contributed by atoms with E-state index in [0.717, 1.165) is 34.5 Å². The van der Waals surface area contributed by atoms with Crippen LogP contribution >= 0.6 is 11.3 Å². The summed E-state index contributed by atoms with van der Waals surface area (Å²) in [5.41, 5.74) is 4.17. The highest BCUT2D eigenvalue weighted by Crippen LogP contribution is 2.33. The quantitative estimate of drug-likeness (QED) is 0.461. The predicted molar refractivity (Wildman–Crippen MR) is 115 cm³/mol. The van der Waals surface area contributed by atoms with E-state index < -0.39 is 0 Å². The number of rotatable bonds is 3. The van der Waals surface area contributed by atoms with E-state index in [2.05, 4.69) is 26.0 Å². The molecule has 0 saturated carbocycles. The molecular formula is C23H22N2O3S. The van der Waals surface area contributed by atoms with Gasteiger partial charge in [-0.3, -0.25) is 4.79 Å². The van der Waals surface area contributed by atoms with Gasteiger partial charge in [-0.25, -0.2) is 4.98 Å². The van der Waals surface area contributed by atoms with Gasteiger partial charge in [0.2, 0.25) is 0 Å². The van der Waals surface area contributed by atoms with Crippen molar-refractivity contribution in [1.29, 1.82) is 0 Å². The largest absolute Gasteiger partial charge is 0.467 e. The maximum atomic E-state index is 12.8. The molecule has 5 nitrogen and oxygen atoms in total. The van der Waals surface area contributed by atoms with Crippen molar-refractivity contribution >= 4 is 38.4 Å². The molecule has 4 aromatic rings. The fourth-order valence-corrected chi connectivity index (χ4v) is 4.88. The molecule has 3 heterocycles. The number of amides is 1. The van der Waals surface area contributed by atoms with E-state index in [0.29, 0.717) is 18.8 Å². The Morgan fingerprint density at radius 2 is 1.90 bits per heavy atom. The second-order valence-corrected chi connectivity index (χ2v) is 8.58. The second kappa shape index (κ2) is 7.19. The van der Waals surface area contributed by atoms with Gasteiger partial charge in [-0.2, -0.15) is 0 Å². The average Bonchev–Trinajstić information content (AvgIpc) is 3.36. The van der Waals surface area contributed by atoms with Crippen LogP contribution in [-0.2, 0) is 0 Å². The number of furan rings is 1. The van der Waals surface area contributed by atoms with Gasteiger partial charge in [0.25, 0.3) is 11.1 Å². The van der Waals surface area contributed by atoms with Gasteiger partial charge in [-0.15, -0.1) is 0 Å². The lowest BCUT2D eigenvalue weighted by Gasteiger charge is -2.31. The van der Waals surface area contributed by atoms with Gasteiger partial charge < -0.3 is 14.1 Å². The summed E-state index contributed by atoms with van der Waals surface area (Å²) in [6.07, 6.45) is 1.66. The molecule has 6 heteroatoms. The average molecular weight is 407 g/mol. The summed E-state index contributed by atoms with van der Waals surface area (Å²) in [5.74, 6) is 0.355. The van der Waals surface area contributed by atoms with Crippen LogP contribution < -0.4 is 4.74 Å². The minimum Gasteiger partial charge on any atom is -0.467 e. The molecule has 0 spiro atoms. The molecule has 2 aromatic heterocycles. The highest BCUT2D eigenvalue weighted by atomic mass is 32.1. The molecule has 0 N–H and O–H groups in total. The number of fused-ring (bicyclic) bond motifs is 2. The van der Waals surface area contributed by atoms with Gasteiger partial charge >= 0.3 is 0 Å². The van der Waals surface area contributed by atoms with E-state index in [1.54, 1.807) is 11.3 Å². The number of carbonyl (C=O) groups is 1. The summed E-state index contributed by atoms with van der Waals surface area (Å²) in [6.45, 7) is 5.49. The first kappa shape index (κ1) is 18.2. The number of carbonyl (C=O) groups excluding carboxylic acids is 1. The summed E-state index contributed by atoms with van der Waals surface area (Å²) in [5, 5.41) is 1.68. The molecule has 0 atom stereocenters. The Kier molecular flexibility index (Phi) is 4.51. The zero-order valence-corrected chi connectivity index (χ0v) is 17.3. The van der Waals surface area contributed by atoms with Gasteiger partial charge in [-0.05, 0) is 37.1 Å². The Morgan fingerprint density at radius 3 is 2.66 bits per heavy atom. The van der Waals surface area contributed by atoms with Crippen molar-refractivity contribution < 1.29 is 13.9 Å². The summed E-state index contributed by atoms with van der Waals surface area (Å²) < 4.78 is 13.1. The van der Waals surface area contributed by atoms with Crippen molar-refractivity contribution in [2.45, 2.75) is 32.8 Å². The number of likely N-dealkylation sites (tertiary alicyclic amines) is 1. The molecule has 1 saturated heterocycles. The molecule has 1 aliphatic heterocycles. The number of nitrogens with zero attached hydrogens (tertiary/aromatic N) is 2. The topological polar surface area (TPSA) is 55.6 Å². The predicted octanol–water partition coefficient (Wildman–Crippen LogP) is 5.34. The molecule has 29 heavy (non-hydrogen) atoms. The smallest absolute Gasteiger partial charge is 0.289 e. The monoisotopic (exact) mass is 406 g/mol. The fraction of sp³-hybridized carbons (Fsp3) is 0.304. The number of piperidine rings is 1. The van der Waals surface area contributed by atoms with Crippen LogP contribution in [-0.4, -0.2) is 35.0 Å². The van der Waals surface area contributed by atoms with Crippen LogP contribution in [0.4, 0.5) is 0 Å². The zero-order chi connectivity index (χ0) is 20.0. The number of para-hydroxylation sites is 1. The Hall–Kier alpha value is -2.86. The van der Waals surface area contributed by atoms with Crippen LogP contribution in [0, 0.1) is 13.8 Å². The van der Waals surface area contributed by atoms with Crippen molar-refractivity contribution in [2.24, 2.45) is 0 Å². The second-order valence-electron chi connectivity index (χ2n) is 7.61. The lowest BCUT2D eigenvalue weighted by atomic mass is 10.1. The van der Waals surface area contributed by atoms with E-state index in [9.17, 15) is 4.79 Å². The molecule has 5 rings (SSSR count). The minimum atomic E-state index is -0.0501. The third-order valence-electron chi connectivity index (χ3n) is 5.56. The first-order valence-corrected chi connectivity index (χ1v) is 10.7. The molecule has 148 valence electrons. The third-order valence-corrected chi connectivity index (χ3v) is 6.64. The Bertz CT molecular complexity index is 1130. The number of benzene rings is 2. The van der Waals surface area contributed by atoms with Crippen LogP contribution in [0.15, 0.2) is 46.9 Å². The van der Waals surface area contributed by atoms with Crippen LogP contribution in [0.25, 0.3) is 21.2 Å². The number of ether oxygens (including phenoxy) is 1. The maximum Gasteiger partial charge on any atom is 0.289 e. The normalized spacial score (nSPS) is 15.3. The SMILES string of the molecule is Cc1ccc(C)c2sc(OC3CCN(C(=O)c4cc5ccccc5o4)CC3)nc12. The van der Waals surface area contributed by atoms with Gasteiger partial charge in [0.05, 0.1) is 10.2 Å². The minimum absolute atomic E-state index is 0.0501. The van der Waals surface area contributed by atoms with Crippen LogP contribution in [0.2, 0.25) is 0 Å². The van der Waals surface area contributed by atoms with Gasteiger partial charge in [0, 0.05) is 31.3 Å². The molecule has 1 amide bonds. The van der Waals surface area contributed by atoms with Gasteiger partial charge in [-0.1, -0.05) is 41.7 Å². The highest BCUT2D eigenvalue weighted by Gasteiger charge is 2.27. The van der Waals surface area contributed by atoms with Crippen molar-refractivity contribution in [3.63, 3.8) is 0 Å². The highest BCUT2D eigenvalue weighted by molar-refractivity contribution is 7.20. The number of hydrogen-bond donors (Lipinski definition) is 0. The van der Waals surface area contributed by atoms with Crippen molar-refractivity contribution in [2.75, 3.05) is 13.1 Å². The number of hydrogen-bond acceptors (Lipinski definition) is 5. The van der Waals surface area contributed by atoms with E-state index in [-0.39, 0.29) is 12.0 Å². The molecular weight excluding hydrogens is 384 g/mol. The first-order valence-electron chi connectivity index (χ1n) is 9.90. The number of aryl methyl sites for hydroxylation is 2. The summed E-state index contributed by atoms with van der Waals surface area (Å²) in [6, 6.07) is 13.7. The molecule has 0 bridgehead atoms. The maximum absolute atomic E-state index is 12.8. The van der Waals surface area contributed by atoms with Crippen LogP contribution in [0.3, 0.4) is 0 Å². The molecule has 2 aromatic carbocycles.